The Bertz CT molecular complexity index is 869. The molecule has 0 radical (unpaired) electrons. The maximum atomic E-state index is 10.6. The van der Waals surface area contributed by atoms with Crippen LogP contribution in [0.4, 0.5) is 0 Å². The molecule has 24 heavy (non-hydrogen) atoms. The average molecular weight is 364 g/mol. The van der Waals surface area contributed by atoms with Crippen LogP contribution in [0.25, 0.3) is 11.2 Å². The molecule has 14 heteroatoms. The number of imidazole rings is 1. The van der Waals surface area contributed by atoms with Gasteiger partial charge in [0.25, 0.3) is 0 Å². The van der Waals surface area contributed by atoms with Crippen LogP contribution in [-0.4, -0.2) is 77.8 Å². The van der Waals surface area contributed by atoms with Crippen molar-refractivity contribution in [3.8, 4) is 11.9 Å². The first-order valence-electron chi connectivity index (χ1n) is 6.43. The summed E-state index contributed by atoms with van der Waals surface area (Å²) in [6, 6.07) is -0.749. The van der Waals surface area contributed by atoms with Gasteiger partial charge < -0.3 is 25.2 Å². The summed E-state index contributed by atoms with van der Waals surface area (Å²) in [5.74, 6) is -0.601. The molecule has 0 spiro atoms. The number of ether oxygens (including phenoxy) is 1. The minimum atomic E-state index is -4.75. The highest BCUT2D eigenvalue weighted by atomic mass is 32.3. The molecule has 0 amide bonds. The second-order valence-corrected chi connectivity index (χ2v) is 6.02. The van der Waals surface area contributed by atoms with E-state index in [0.717, 1.165) is 10.9 Å². The van der Waals surface area contributed by atoms with Crippen LogP contribution in [0.5, 0.6) is 11.9 Å². The van der Waals surface area contributed by atoms with E-state index in [9.17, 15) is 28.8 Å². The predicted molar refractivity (Wildman–Crippen MR) is 72.1 cm³/mol. The zero-order valence-corrected chi connectivity index (χ0v) is 12.5. The summed E-state index contributed by atoms with van der Waals surface area (Å²) in [6.07, 6.45) is -4.51. The number of nitrogens with zero attached hydrogens (tertiary/aromatic N) is 4. The van der Waals surface area contributed by atoms with Gasteiger partial charge in [-0.25, -0.2) is 9.17 Å². The average Bonchev–Trinajstić information content (AvgIpc) is 3.00. The fourth-order valence-corrected chi connectivity index (χ4v) is 2.63. The van der Waals surface area contributed by atoms with Crippen LogP contribution in [-0.2, 0) is 19.3 Å². The van der Waals surface area contributed by atoms with Crippen molar-refractivity contribution < 1.29 is 42.3 Å². The van der Waals surface area contributed by atoms with Crippen molar-refractivity contribution >= 4 is 21.6 Å². The lowest BCUT2D eigenvalue weighted by molar-refractivity contribution is -0.0478. The summed E-state index contributed by atoms with van der Waals surface area (Å²) < 4.78 is 40.3. The highest BCUT2D eigenvalue weighted by Crippen LogP contribution is 2.33. The van der Waals surface area contributed by atoms with E-state index in [-0.39, 0.29) is 11.2 Å². The van der Waals surface area contributed by atoms with Gasteiger partial charge in [-0.15, -0.1) is 0 Å². The highest BCUT2D eigenvalue weighted by molar-refractivity contribution is 7.80. The fourth-order valence-electron chi connectivity index (χ4n) is 2.33. The second-order valence-electron chi connectivity index (χ2n) is 4.93. The monoisotopic (exact) mass is 364 g/mol. The van der Waals surface area contributed by atoms with Gasteiger partial charge in [-0.1, -0.05) is 0 Å². The van der Waals surface area contributed by atoms with Crippen LogP contribution < -0.4 is 0 Å². The Hall–Kier alpha value is -2.10. The summed E-state index contributed by atoms with van der Waals surface area (Å²) in [4.78, 5) is 10.8. The van der Waals surface area contributed by atoms with E-state index in [4.69, 9.17) is 9.29 Å². The molecule has 1 aliphatic heterocycles. The van der Waals surface area contributed by atoms with Crippen molar-refractivity contribution in [3.05, 3.63) is 6.33 Å². The molecule has 5 N–H and O–H groups in total. The number of aliphatic hydroxyl groups is 2. The van der Waals surface area contributed by atoms with E-state index >= 15 is 0 Å². The Labute approximate surface area is 133 Å². The van der Waals surface area contributed by atoms with Crippen molar-refractivity contribution in [1.82, 2.24) is 19.5 Å². The molecule has 2 aromatic heterocycles. The number of hydrogen-bond donors (Lipinski definition) is 5. The van der Waals surface area contributed by atoms with Crippen molar-refractivity contribution in [1.29, 1.82) is 0 Å². The third-order valence-corrected chi connectivity index (χ3v) is 3.82. The Kier molecular flexibility index (Phi) is 4.02. The Balaban J connectivity index is 1.90. The quantitative estimate of drug-likeness (QED) is 0.363. The number of fused-ring (bicyclic) bond motifs is 1. The van der Waals surface area contributed by atoms with Crippen LogP contribution in [0, 0.1) is 0 Å². The molecular formula is C10H12N4O9S. The summed E-state index contributed by atoms with van der Waals surface area (Å²) in [5.41, 5.74) is -0.177. The number of hydrogen-bond acceptors (Lipinski definition) is 11. The first-order chi connectivity index (χ1) is 11.2. The minimum Gasteiger partial charge on any atom is -0.492 e. The van der Waals surface area contributed by atoms with E-state index in [1.54, 1.807) is 0 Å². The number of aromatic nitrogens is 4. The largest absolute Gasteiger partial charge is 0.492 e. The Morgan fingerprint density at radius 2 is 1.96 bits per heavy atom. The first kappa shape index (κ1) is 16.7. The molecule has 0 saturated carbocycles. The van der Waals surface area contributed by atoms with Gasteiger partial charge in [-0.2, -0.15) is 18.4 Å². The molecule has 132 valence electrons. The summed E-state index contributed by atoms with van der Waals surface area (Å²) in [5, 5.41) is 38.9. The van der Waals surface area contributed by atoms with Gasteiger partial charge in [0.15, 0.2) is 17.4 Å². The zero-order valence-electron chi connectivity index (χ0n) is 11.7. The molecule has 1 fully saturated rings. The molecular weight excluding hydrogens is 352 g/mol. The second kappa shape index (κ2) is 5.76. The maximum absolute atomic E-state index is 10.6. The molecule has 2 aromatic rings. The summed E-state index contributed by atoms with van der Waals surface area (Å²) in [7, 11) is -4.75. The van der Waals surface area contributed by atoms with Crippen LogP contribution >= 0.6 is 0 Å². The molecule has 3 rings (SSSR count). The Morgan fingerprint density at radius 3 is 2.62 bits per heavy atom. The first-order valence-corrected chi connectivity index (χ1v) is 7.80. The van der Waals surface area contributed by atoms with Crippen LogP contribution in [0.3, 0.4) is 0 Å². The van der Waals surface area contributed by atoms with Gasteiger partial charge in [0.2, 0.25) is 5.88 Å². The topological polar surface area (TPSA) is 197 Å². The smallest absolute Gasteiger partial charge is 0.397 e. The van der Waals surface area contributed by atoms with Gasteiger partial charge in [-0.3, -0.25) is 9.12 Å². The lowest BCUT2D eigenvalue weighted by Gasteiger charge is -2.16. The van der Waals surface area contributed by atoms with Crippen molar-refractivity contribution in [2.45, 2.75) is 24.5 Å². The SMILES string of the molecule is O=S(=O)(O)OC[C@H]1O[C@@H](n2cnc3c(O)nc(O)nc32)[C@H](O)[C@@H]1O. The van der Waals surface area contributed by atoms with Gasteiger partial charge in [0, 0.05) is 0 Å². The molecule has 1 aliphatic rings. The van der Waals surface area contributed by atoms with Crippen molar-refractivity contribution in [2.75, 3.05) is 6.61 Å². The molecule has 1 saturated heterocycles. The van der Waals surface area contributed by atoms with Gasteiger partial charge in [0.1, 0.15) is 18.3 Å². The summed E-state index contributed by atoms with van der Waals surface area (Å²) >= 11 is 0. The number of aliphatic hydroxyl groups excluding tert-OH is 2. The van der Waals surface area contributed by atoms with E-state index in [0.29, 0.717) is 0 Å². The van der Waals surface area contributed by atoms with E-state index in [2.05, 4.69) is 19.1 Å². The maximum Gasteiger partial charge on any atom is 0.397 e. The van der Waals surface area contributed by atoms with Gasteiger partial charge in [0.05, 0.1) is 12.9 Å². The molecule has 4 atom stereocenters. The van der Waals surface area contributed by atoms with E-state index in [1.807, 2.05) is 0 Å². The van der Waals surface area contributed by atoms with Crippen molar-refractivity contribution in [3.63, 3.8) is 0 Å². The van der Waals surface area contributed by atoms with Crippen LogP contribution in [0.1, 0.15) is 6.23 Å². The lowest BCUT2D eigenvalue weighted by atomic mass is 10.1. The van der Waals surface area contributed by atoms with E-state index < -0.39 is 53.4 Å². The highest BCUT2D eigenvalue weighted by Gasteiger charge is 2.45. The van der Waals surface area contributed by atoms with Crippen LogP contribution in [0.2, 0.25) is 0 Å². The molecule has 0 aliphatic carbocycles. The van der Waals surface area contributed by atoms with Gasteiger partial charge in [-0.05, 0) is 0 Å². The molecule has 0 aromatic carbocycles. The van der Waals surface area contributed by atoms with Gasteiger partial charge >= 0.3 is 16.4 Å². The molecule has 0 unspecified atom stereocenters. The molecule has 3 heterocycles. The van der Waals surface area contributed by atoms with Crippen molar-refractivity contribution in [2.24, 2.45) is 0 Å². The number of rotatable bonds is 4. The zero-order chi connectivity index (χ0) is 17.6. The third kappa shape index (κ3) is 2.97. The number of aromatic hydroxyl groups is 2. The molecule has 13 nitrogen and oxygen atoms in total. The van der Waals surface area contributed by atoms with E-state index in [1.165, 1.54) is 0 Å². The minimum absolute atomic E-state index is 0.0873. The Morgan fingerprint density at radius 1 is 1.25 bits per heavy atom. The summed E-state index contributed by atoms with van der Waals surface area (Å²) in [6.45, 7) is -0.744. The fraction of sp³-hybridized carbons (Fsp3) is 0.500. The van der Waals surface area contributed by atoms with Crippen LogP contribution in [0.15, 0.2) is 6.33 Å². The molecule has 0 bridgehead atoms. The lowest BCUT2D eigenvalue weighted by Crippen LogP contribution is -2.34. The predicted octanol–water partition coefficient (Wildman–Crippen LogP) is -2.32. The third-order valence-electron chi connectivity index (χ3n) is 3.38. The normalized spacial score (nSPS) is 27.8. The standard InChI is InChI=1S/C10H12N4O9S/c15-5-3(1-22-24(19,20)21)23-9(6(5)16)14-2-11-4-7(14)12-10(18)13-8(4)17/h2-3,5-6,9,15-16H,1H2,(H,19,20,21)(H2,12,13,17,18)/t3-,5-,6-,9-/m1/s1.